The molecule has 0 saturated carbocycles. The van der Waals surface area contributed by atoms with E-state index in [2.05, 4.69) is 5.32 Å². The molecule has 0 aliphatic rings. The largest absolute Gasteiger partial charge is 0.385 e. The van der Waals surface area contributed by atoms with Crippen LogP contribution < -0.4 is 5.32 Å². The van der Waals surface area contributed by atoms with Crippen molar-refractivity contribution in [2.24, 2.45) is 0 Å². The van der Waals surface area contributed by atoms with Crippen molar-refractivity contribution in [3.63, 3.8) is 0 Å². The number of hydrogen-bond acceptors (Lipinski definition) is 3. The second-order valence-electron chi connectivity index (χ2n) is 4.83. The number of nitrogens with one attached hydrogen (secondary N) is 1. The van der Waals surface area contributed by atoms with Crippen LogP contribution in [-0.4, -0.2) is 24.4 Å². The van der Waals surface area contributed by atoms with E-state index in [0.29, 0.717) is 10.6 Å². The molecule has 1 atom stereocenters. The molecule has 0 spiro atoms. The molecule has 1 unspecified atom stereocenters. The van der Waals surface area contributed by atoms with Gasteiger partial charge in [0, 0.05) is 29.2 Å². The predicted molar refractivity (Wildman–Crippen MR) is 90.4 cm³/mol. The summed E-state index contributed by atoms with van der Waals surface area (Å²) in [6, 6.07) is 9.44. The lowest BCUT2D eigenvalue weighted by molar-refractivity contribution is 0.0746. The van der Waals surface area contributed by atoms with Crippen molar-refractivity contribution < 1.29 is 4.79 Å². The van der Waals surface area contributed by atoms with E-state index in [1.165, 1.54) is 0 Å². The molecule has 0 saturated heterocycles. The fourth-order valence-corrected chi connectivity index (χ4v) is 3.12. The van der Waals surface area contributed by atoms with Crippen molar-refractivity contribution in [2.45, 2.75) is 19.9 Å². The van der Waals surface area contributed by atoms with Crippen LogP contribution in [-0.2, 0) is 0 Å². The third kappa shape index (κ3) is 3.57. The van der Waals surface area contributed by atoms with Crippen LogP contribution in [0.3, 0.4) is 0 Å². The Labute approximate surface area is 134 Å². The lowest BCUT2D eigenvalue weighted by Gasteiger charge is -2.25. The molecule has 21 heavy (non-hydrogen) atoms. The lowest BCUT2D eigenvalue weighted by atomic mass is 10.1. The second-order valence-corrected chi connectivity index (χ2v) is 6.24. The van der Waals surface area contributed by atoms with Gasteiger partial charge in [-0.25, -0.2) is 0 Å². The molecule has 112 valence electrons. The molecule has 5 heteroatoms. The van der Waals surface area contributed by atoms with Crippen molar-refractivity contribution in [1.82, 2.24) is 4.90 Å². The summed E-state index contributed by atoms with van der Waals surface area (Å²) in [6.07, 6.45) is 0. The Bertz CT molecular complexity index is 613. The maximum absolute atomic E-state index is 12.8. The molecular formula is C16H19ClN2OS. The van der Waals surface area contributed by atoms with E-state index in [-0.39, 0.29) is 11.9 Å². The number of carbonyl (C=O) groups is 1. The van der Waals surface area contributed by atoms with Gasteiger partial charge >= 0.3 is 0 Å². The van der Waals surface area contributed by atoms with E-state index in [1.54, 1.807) is 28.4 Å². The minimum Gasteiger partial charge on any atom is -0.385 e. The molecule has 0 fully saturated rings. The monoisotopic (exact) mass is 322 g/mol. The molecule has 2 aromatic rings. The van der Waals surface area contributed by atoms with Gasteiger partial charge in [0.25, 0.3) is 5.91 Å². The fourth-order valence-electron chi connectivity index (χ4n) is 2.12. The highest BCUT2D eigenvalue weighted by molar-refractivity contribution is 7.10. The molecule has 1 N–H and O–H groups in total. The average molecular weight is 323 g/mol. The first-order valence-electron chi connectivity index (χ1n) is 6.88. The summed E-state index contributed by atoms with van der Waals surface area (Å²) in [7, 11) is 1.82. The summed E-state index contributed by atoms with van der Waals surface area (Å²) >= 11 is 7.70. The van der Waals surface area contributed by atoms with Crippen molar-refractivity contribution >= 4 is 34.5 Å². The van der Waals surface area contributed by atoms with Crippen LogP contribution in [0.1, 0.15) is 35.1 Å². The molecule has 1 aromatic heterocycles. The quantitative estimate of drug-likeness (QED) is 0.867. The molecule has 0 aliphatic heterocycles. The number of benzene rings is 1. The minimum atomic E-state index is -0.0330. The maximum Gasteiger partial charge on any atom is 0.256 e. The average Bonchev–Trinajstić information content (AvgIpc) is 3.01. The summed E-state index contributed by atoms with van der Waals surface area (Å²) in [6.45, 7) is 4.79. The number of anilines is 1. The van der Waals surface area contributed by atoms with Gasteiger partial charge in [0.2, 0.25) is 0 Å². The molecule has 2 rings (SSSR count). The highest BCUT2D eigenvalue weighted by Crippen LogP contribution is 2.28. The van der Waals surface area contributed by atoms with Gasteiger partial charge in [-0.05, 0) is 43.5 Å². The number of halogens is 1. The first-order chi connectivity index (χ1) is 10.0. The number of hydrogen-bond donors (Lipinski definition) is 1. The highest BCUT2D eigenvalue weighted by Gasteiger charge is 2.22. The number of amides is 1. The zero-order valence-corrected chi connectivity index (χ0v) is 14.0. The standard InChI is InChI=1S/C16H19ClN2OS/c1-4-18-14-8-7-12(17)10-13(14)16(20)19(3)11(2)15-6-5-9-21-15/h5-11,18H,4H2,1-3H3. The topological polar surface area (TPSA) is 32.3 Å². The van der Waals surface area contributed by atoms with E-state index in [1.807, 2.05) is 44.5 Å². The Balaban J connectivity index is 2.28. The number of thiophene rings is 1. The zero-order chi connectivity index (χ0) is 15.4. The van der Waals surface area contributed by atoms with E-state index < -0.39 is 0 Å². The van der Waals surface area contributed by atoms with Crippen LogP contribution >= 0.6 is 22.9 Å². The third-order valence-corrected chi connectivity index (χ3v) is 4.71. The van der Waals surface area contributed by atoms with Gasteiger partial charge in [-0.3, -0.25) is 4.79 Å². The Morgan fingerprint density at radius 2 is 2.19 bits per heavy atom. The van der Waals surface area contributed by atoms with Crippen LogP contribution in [0, 0.1) is 0 Å². The second kappa shape index (κ2) is 6.96. The molecule has 3 nitrogen and oxygen atoms in total. The fraction of sp³-hybridized carbons (Fsp3) is 0.312. The van der Waals surface area contributed by atoms with E-state index in [4.69, 9.17) is 11.6 Å². The van der Waals surface area contributed by atoms with Crippen LogP contribution in [0.15, 0.2) is 35.7 Å². The summed E-state index contributed by atoms with van der Waals surface area (Å²) in [5.41, 5.74) is 1.42. The van der Waals surface area contributed by atoms with Crippen LogP contribution in [0.25, 0.3) is 0 Å². The smallest absolute Gasteiger partial charge is 0.256 e. The number of rotatable bonds is 5. The lowest BCUT2D eigenvalue weighted by Crippen LogP contribution is -2.30. The summed E-state index contributed by atoms with van der Waals surface area (Å²) in [5.74, 6) is -0.0330. The van der Waals surface area contributed by atoms with Gasteiger partial charge < -0.3 is 10.2 Å². The number of nitrogens with zero attached hydrogens (tertiary/aromatic N) is 1. The van der Waals surface area contributed by atoms with Crippen LogP contribution in [0.5, 0.6) is 0 Å². The highest BCUT2D eigenvalue weighted by atomic mass is 35.5. The maximum atomic E-state index is 12.8. The Morgan fingerprint density at radius 1 is 1.43 bits per heavy atom. The zero-order valence-electron chi connectivity index (χ0n) is 12.4. The van der Waals surface area contributed by atoms with Crippen molar-refractivity contribution in [2.75, 3.05) is 18.9 Å². The molecule has 0 aliphatic carbocycles. The van der Waals surface area contributed by atoms with Crippen LogP contribution in [0.4, 0.5) is 5.69 Å². The van der Waals surface area contributed by atoms with Crippen molar-refractivity contribution in [1.29, 1.82) is 0 Å². The van der Waals surface area contributed by atoms with Crippen LogP contribution in [0.2, 0.25) is 5.02 Å². The van der Waals surface area contributed by atoms with E-state index in [9.17, 15) is 4.79 Å². The molecule has 1 amide bonds. The Hall–Kier alpha value is -1.52. The van der Waals surface area contributed by atoms with E-state index >= 15 is 0 Å². The molecule has 0 radical (unpaired) electrons. The molecule has 1 aromatic carbocycles. The summed E-state index contributed by atoms with van der Waals surface area (Å²) in [5, 5.41) is 5.80. The first kappa shape index (κ1) is 15.9. The molecular weight excluding hydrogens is 304 g/mol. The third-order valence-electron chi connectivity index (χ3n) is 3.44. The first-order valence-corrected chi connectivity index (χ1v) is 8.14. The number of carbonyl (C=O) groups excluding carboxylic acids is 1. The summed E-state index contributed by atoms with van der Waals surface area (Å²) < 4.78 is 0. The SMILES string of the molecule is CCNc1ccc(Cl)cc1C(=O)N(C)C(C)c1cccs1. The molecule has 0 bridgehead atoms. The van der Waals surface area contributed by atoms with Gasteiger partial charge in [0.05, 0.1) is 11.6 Å². The Kier molecular flexibility index (Phi) is 5.26. The minimum absolute atomic E-state index is 0.0330. The van der Waals surface area contributed by atoms with Gasteiger partial charge in [0.15, 0.2) is 0 Å². The van der Waals surface area contributed by atoms with Gasteiger partial charge in [-0.2, -0.15) is 0 Å². The van der Waals surface area contributed by atoms with Gasteiger partial charge in [-0.15, -0.1) is 11.3 Å². The summed E-state index contributed by atoms with van der Waals surface area (Å²) in [4.78, 5) is 15.7. The van der Waals surface area contributed by atoms with Gasteiger partial charge in [-0.1, -0.05) is 17.7 Å². The van der Waals surface area contributed by atoms with E-state index in [0.717, 1.165) is 17.1 Å². The van der Waals surface area contributed by atoms with Crippen molar-refractivity contribution in [3.05, 3.63) is 51.2 Å². The normalized spacial score (nSPS) is 12.0. The Morgan fingerprint density at radius 3 is 2.81 bits per heavy atom. The molecule has 1 heterocycles. The van der Waals surface area contributed by atoms with Crippen molar-refractivity contribution in [3.8, 4) is 0 Å². The van der Waals surface area contributed by atoms with Gasteiger partial charge in [0.1, 0.15) is 0 Å². The predicted octanol–water partition coefficient (Wildman–Crippen LogP) is 4.67.